The largest absolute Gasteiger partial charge is 0.396 e. The molecule has 2 unspecified atom stereocenters. The fourth-order valence-corrected chi connectivity index (χ4v) is 1.85. The Morgan fingerprint density at radius 3 is 2.79 bits per heavy atom. The molecule has 2 N–H and O–H groups in total. The highest BCUT2D eigenvalue weighted by Crippen LogP contribution is 2.24. The van der Waals surface area contributed by atoms with Gasteiger partial charge in [-0.05, 0) is 46.1 Å². The van der Waals surface area contributed by atoms with Crippen molar-refractivity contribution >= 4 is 0 Å². The van der Waals surface area contributed by atoms with Crippen LogP contribution in [0.3, 0.4) is 0 Å². The van der Waals surface area contributed by atoms with Crippen molar-refractivity contribution in [3.05, 3.63) is 0 Å². The third kappa shape index (κ3) is 3.23. The first-order chi connectivity index (χ1) is 6.69. The second kappa shape index (κ2) is 5.69. The maximum absolute atomic E-state index is 8.63. The van der Waals surface area contributed by atoms with Crippen LogP contribution in [-0.4, -0.2) is 36.5 Å². The molecule has 3 heteroatoms. The Balaban J connectivity index is 2.10. The van der Waals surface area contributed by atoms with Crippen LogP contribution in [0.2, 0.25) is 0 Å². The van der Waals surface area contributed by atoms with Crippen LogP contribution in [0.15, 0.2) is 0 Å². The van der Waals surface area contributed by atoms with Crippen LogP contribution >= 0.6 is 0 Å². The summed E-state index contributed by atoms with van der Waals surface area (Å²) in [5.41, 5.74) is 0.166. The first kappa shape index (κ1) is 12.0. The number of aliphatic hydroxyl groups excluding tert-OH is 1. The molecule has 1 saturated heterocycles. The van der Waals surface area contributed by atoms with Crippen molar-refractivity contribution in [3.8, 4) is 0 Å². The summed E-state index contributed by atoms with van der Waals surface area (Å²) in [5, 5.41) is 12.2. The van der Waals surface area contributed by atoms with Gasteiger partial charge in [-0.2, -0.15) is 0 Å². The average Bonchev–Trinajstić information content (AvgIpc) is 2.47. The topological polar surface area (TPSA) is 41.5 Å². The third-order valence-corrected chi connectivity index (χ3v) is 3.25. The summed E-state index contributed by atoms with van der Waals surface area (Å²) in [6, 6.07) is 0. The molecule has 0 radical (unpaired) electrons. The van der Waals surface area contributed by atoms with Crippen molar-refractivity contribution in [1.82, 2.24) is 5.32 Å². The van der Waals surface area contributed by atoms with Gasteiger partial charge in [0.1, 0.15) is 0 Å². The molecular formula is C11H23NO2. The summed E-state index contributed by atoms with van der Waals surface area (Å²) < 4.78 is 5.54. The molecule has 1 fully saturated rings. The summed E-state index contributed by atoms with van der Waals surface area (Å²) in [7, 11) is 0. The highest BCUT2D eigenvalue weighted by Gasteiger charge is 2.35. The van der Waals surface area contributed by atoms with Crippen molar-refractivity contribution in [2.24, 2.45) is 0 Å². The SMILES string of the molecule is CC1OCCC1(C)NCCCCCO. The number of ether oxygens (including phenoxy) is 1. The Bertz CT molecular complexity index is 163. The van der Waals surface area contributed by atoms with Crippen molar-refractivity contribution in [2.75, 3.05) is 19.8 Å². The predicted molar refractivity (Wildman–Crippen MR) is 57.4 cm³/mol. The van der Waals surface area contributed by atoms with Crippen molar-refractivity contribution in [2.45, 2.75) is 51.2 Å². The maximum Gasteiger partial charge on any atom is 0.0726 e. The quantitative estimate of drug-likeness (QED) is 0.637. The van der Waals surface area contributed by atoms with E-state index in [9.17, 15) is 0 Å². The molecule has 1 rings (SSSR count). The molecule has 0 aromatic heterocycles. The molecule has 0 saturated carbocycles. The number of hydrogen-bond acceptors (Lipinski definition) is 3. The molecule has 0 aromatic rings. The molecule has 0 bridgehead atoms. The standard InChI is InChI=1S/C11H23NO2/c1-10-11(2,6-9-14-10)12-7-4-3-5-8-13/h10,12-13H,3-9H2,1-2H3. The van der Waals surface area contributed by atoms with Crippen LogP contribution in [0.25, 0.3) is 0 Å². The van der Waals surface area contributed by atoms with Crippen LogP contribution in [0.4, 0.5) is 0 Å². The number of hydrogen-bond donors (Lipinski definition) is 2. The van der Waals surface area contributed by atoms with Gasteiger partial charge >= 0.3 is 0 Å². The minimum Gasteiger partial charge on any atom is -0.396 e. The van der Waals surface area contributed by atoms with E-state index in [0.29, 0.717) is 12.7 Å². The molecule has 1 heterocycles. The smallest absolute Gasteiger partial charge is 0.0726 e. The summed E-state index contributed by atoms with van der Waals surface area (Å²) >= 11 is 0. The number of nitrogens with one attached hydrogen (secondary N) is 1. The zero-order valence-corrected chi connectivity index (χ0v) is 9.38. The van der Waals surface area contributed by atoms with Gasteiger partial charge in [-0.1, -0.05) is 0 Å². The zero-order valence-electron chi connectivity index (χ0n) is 9.38. The van der Waals surface area contributed by atoms with Crippen LogP contribution in [0.1, 0.15) is 39.5 Å². The molecule has 84 valence electrons. The van der Waals surface area contributed by atoms with Crippen LogP contribution < -0.4 is 5.32 Å². The first-order valence-electron chi connectivity index (χ1n) is 5.66. The Labute approximate surface area is 86.8 Å². The molecule has 0 aromatic carbocycles. The van der Waals surface area contributed by atoms with Crippen molar-refractivity contribution < 1.29 is 9.84 Å². The summed E-state index contributed by atoms with van der Waals surface area (Å²) in [5.74, 6) is 0. The first-order valence-corrected chi connectivity index (χ1v) is 5.66. The lowest BCUT2D eigenvalue weighted by molar-refractivity contribution is 0.0886. The van der Waals surface area contributed by atoms with Gasteiger partial charge in [0.05, 0.1) is 6.10 Å². The highest BCUT2D eigenvalue weighted by molar-refractivity contribution is 4.93. The molecule has 14 heavy (non-hydrogen) atoms. The molecule has 1 aliphatic heterocycles. The van der Waals surface area contributed by atoms with E-state index in [1.165, 1.54) is 0 Å². The lowest BCUT2D eigenvalue weighted by atomic mass is 9.94. The minimum absolute atomic E-state index is 0.166. The number of aliphatic hydroxyl groups is 1. The Hall–Kier alpha value is -0.120. The predicted octanol–water partition coefficient (Wildman–Crippen LogP) is 1.31. The van der Waals surface area contributed by atoms with Gasteiger partial charge in [-0.25, -0.2) is 0 Å². The van der Waals surface area contributed by atoms with E-state index in [4.69, 9.17) is 9.84 Å². The highest BCUT2D eigenvalue weighted by atomic mass is 16.5. The summed E-state index contributed by atoms with van der Waals surface area (Å²) in [6.07, 6.45) is 4.59. The lowest BCUT2D eigenvalue weighted by Crippen LogP contribution is -2.48. The third-order valence-electron chi connectivity index (χ3n) is 3.25. The van der Waals surface area contributed by atoms with Crippen LogP contribution in [0.5, 0.6) is 0 Å². The second-order valence-corrected chi connectivity index (χ2v) is 4.39. The van der Waals surface area contributed by atoms with Crippen LogP contribution in [0, 0.1) is 0 Å². The van der Waals surface area contributed by atoms with Crippen molar-refractivity contribution in [3.63, 3.8) is 0 Å². The Morgan fingerprint density at radius 2 is 2.21 bits per heavy atom. The number of unbranched alkanes of at least 4 members (excludes halogenated alkanes) is 2. The van der Waals surface area contributed by atoms with Gasteiger partial charge in [-0.3, -0.25) is 0 Å². The molecule has 0 amide bonds. The summed E-state index contributed by atoms with van der Waals surface area (Å²) in [4.78, 5) is 0. The number of rotatable bonds is 6. The van der Waals surface area contributed by atoms with E-state index < -0.39 is 0 Å². The van der Waals surface area contributed by atoms with Gasteiger partial charge in [0.25, 0.3) is 0 Å². The van der Waals surface area contributed by atoms with E-state index in [1.807, 2.05) is 0 Å². The van der Waals surface area contributed by atoms with E-state index in [1.54, 1.807) is 0 Å². The van der Waals surface area contributed by atoms with E-state index >= 15 is 0 Å². The average molecular weight is 201 g/mol. The van der Waals surface area contributed by atoms with Crippen LogP contribution in [-0.2, 0) is 4.74 Å². The van der Waals surface area contributed by atoms with Gasteiger partial charge < -0.3 is 15.2 Å². The van der Waals surface area contributed by atoms with E-state index in [2.05, 4.69) is 19.2 Å². The molecule has 2 atom stereocenters. The normalized spacial score (nSPS) is 32.4. The van der Waals surface area contributed by atoms with Gasteiger partial charge in [0, 0.05) is 18.8 Å². The molecule has 3 nitrogen and oxygen atoms in total. The molecule has 0 aliphatic carbocycles. The second-order valence-electron chi connectivity index (χ2n) is 4.39. The minimum atomic E-state index is 0.166. The molecular weight excluding hydrogens is 178 g/mol. The Morgan fingerprint density at radius 1 is 1.43 bits per heavy atom. The molecule has 0 spiro atoms. The Kier molecular flexibility index (Phi) is 4.85. The lowest BCUT2D eigenvalue weighted by Gasteiger charge is -2.29. The van der Waals surface area contributed by atoms with E-state index in [0.717, 1.165) is 38.8 Å². The van der Waals surface area contributed by atoms with Gasteiger partial charge in [-0.15, -0.1) is 0 Å². The molecule has 1 aliphatic rings. The zero-order chi connectivity index (χ0) is 10.4. The van der Waals surface area contributed by atoms with Crippen molar-refractivity contribution in [1.29, 1.82) is 0 Å². The fourth-order valence-electron chi connectivity index (χ4n) is 1.85. The van der Waals surface area contributed by atoms with Gasteiger partial charge in [0.2, 0.25) is 0 Å². The summed E-state index contributed by atoms with van der Waals surface area (Å²) in [6.45, 7) is 6.59. The maximum atomic E-state index is 8.63. The van der Waals surface area contributed by atoms with Gasteiger partial charge in [0.15, 0.2) is 0 Å². The van der Waals surface area contributed by atoms with E-state index in [-0.39, 0.29) is 5.54 Å². The monoisotopic (exact) mass is 201 g/mol. The fraction of sp³-hybridized carbons (Fsp3) is 1.00.